The van der Waals surface area contributed by atoms with Gasteiger partial charge in [-0.25, -0.2) is 21.9 Å². The molecule has 3 amide bonds. The number of amides is 3. The quantitative estimate of drug-likeness (QED) is 0.254. The fourth-order valence-corrected chi connectivity index (χ4v) is 5.53. The van der Waals surface area contributed by atoms with Crippen molar-refractivity contribution < 1.29 is 31.6 Å². The van der Waals surface area contributed by atoms with E-state index in [0.29, 0.717) is 35.8 Å². The monoisotopic (exact) mass is 593 g/mol. The summed E-state index contributed by atoms with van der Waals surface area (Å²) in [6, 6.07) is 20.4. The van der Waals surface area contributed by atoms with E-state index in [1.807, 2.05) is 12.1 Å². The second kappa shape index (κ2) is 12.9. The van der Waals surface area contributed by atoms with Crippen molar-refractivity contribution in [3.63, 3.8) is 0 Å². The van der Waals surface area contributed by atoms with Crippen LogP contribution in [0.5, 0.6) is 0 Å². The van der Waals surface area contributed by atoms with E-state index in [2.05, 4.69) is 10.0 Å². The molecule has 0 bridgehead atoms. The van der Waals surface area contributed by atoms with Crippen LogP contribution in [0.3, 0.4) is 0 Å². The molecule has 4 rings (SSSR count). The summed E-state index contributed by atoms with van der Waals surface area (Å²) in [4.78, 5) is 40.4. The highest BCUT2D eigenvalue weighted by Crippen LogP contribution is 2.21. The maximum atomic E-state index is 14.0. The third kappa shape index (κ3) is 6.98. The topological polar surface area (TPSA) is 113 Å². The number of nitrogens with zero attached hydrogens (tertiary/aromatic N) is 1. The van der Waals surface area contributed by atoms with Crippen LogP contribution in [-0.4, -0.2) is 44.1 Å². The van der Waals surface area contributed by atoms with E-state index in [-0.39, 0.29) is 16.9 Å². The van der Waals surface area contributed by atoms with E-state index < -0.39 is 45.3 Å². The summed E-state index contributed by atoms with van der Waals surface area (Å²) in [5, 5.41) is 4.02. The Morgan fingerprint density at radius 3 is 2.14 bits per heavy atom. The molecule has 8 nitrogen and oxygen atoms in total. The van der Waals surface area contributed by atoms with Gasteiger partial charge >= 0.3 is 0 Å². The second-order valence-electron chi connectivity index (χ2n) is 9.52. The van der Waals surface area contributed by atoms with Crippen LogP contribution in [0.2, 0.25) is 0 Å². The van der Waals surface area contributed by atoms with Crippen LogP contribution >= 0.6 is 0 Å². The first-order chi connectivity index (χ1) is 20.0. The van der Waals surface area contributed by atoms with Gasteiger partial charge in [0.05, 0.1) is 10.5 Å². The van der Waals surface area contributed by atoms with Gasteiger partial charge in [-0.15, -0.1) is 0 Å². The van der Waals surface area contributed by atoms with E-state index in [1.165, 1.54) is 29.2 Å². The van der Waals surface area contributed by atoms with Crippen LogP contribution in [-0.2, 0) is 26.0 Å². The van der Waals surface area contributed by atoms with E-state index in [1.54, 1.807) is 44.2 Å². The minimum atomic E-state index is -4.29. The second-order valence-corrected chi connectivity index (χ2v) is 11.2. The zero-order valence-electron chi connectivity index (χ0n) is 22.9. The molecular formula is C31H29F2N3O5S. The number of halogens is 2. The Hall–Kier alpha value is -4.64. The van der Waals surface area contributed by atoms with Crippen LogP contribution in [0.1, 0.15) is 29.8 Å². The van der Waals surface area contributed by atoms with Gasteiger partial charge < -0.3 is 10.2 Å². The molecule has 0 saturated heterocycles. The number of carbonyl (C=O) groups excluding carboxylic acids is 3. The molecule has 218 valence electrons. The summed E-state index contributed by atoms with van der Waals surface area (Å²) >= 11 is 0. The van der Waals surface area contributed by atoms with Crippen molar-refractivity contribution in [1.29, 1.82) is 0 Å². The molecule has 0 aliphatic rings. The Balaban J connectivity index is 1.53. The van der Waals surface area contributed by atoms with Crippen molar-refractivity contribution in [2.75, 3.05) is 18.4 Å². The Morgan fingerprint density at radius 2 is 1.50 bits per heavy atom. The molecule has 0 saturated carbocycles. The smallest absolute Gasteiger partial charge is 0.264 e. The van der Waals surface area contributed by atoms with Gasteiger partial charge in [-0.05, 0) is 73.0 Å². The standard InChI is InChI=1S/C31H29F2N3O5S/c1-3-36(4-2)31(39)27(30(38)35-42(40,41)25-15-11-21-7-5-6-8-22(21)18-25)17-20-9-13-24(14-10-20)34-29(37)26-16-12-23(32)19-28(26)33/h5-16,18-19,27H,3-4,17H2,1-2H3,(H,34,37)(H,35,38)/t27-/m1/s1. The largest absolute Gasteiger partial charge is 0.343 e. The maximum Gasteiger partial charge on any atom is 0.264 e. The van der Waals surface area contributed by atoms with Crippen molar-refractivity contribution in [2.45, 2.75) is 25.2 Å². The lowest BCUT2D eigenvalue weighted by Gasteiger charge is -2.25. The predicted octanol–water partition coefficient (Wildman–Crippen LogP) is 4.90. The molecule has 0 unspecified atom stereocenters. The fraction of sp³-hybridized carbons (Fsp3) is 0.194. The van der Waals surface area contributed by atoms with E-state index in [0.717, 1.165) is 17.5 Å². The van der Waals surface area contributed by atoms with Gasteiger partial charge in [0.2, 0.25) is 11.8 Å². The van der Waals surface area contributed by atoms with E-state index in [9.17, 15) is 31.6 Å². The summed E-state index contributed by atoms with van der Waals surface area (Å²) in [5.41, 5.74) is 0.474. The minimum Gasteiger partial charge on any atom is -0.343 e. The Kier molecular flexibility index (Phi) is 9.31. The summed E-state index contributed by atoms with van der Waals surface area (Å²) in [6.07, 6.45) is -0.116. The molecule has 0 radical (unpaired) electrons. The third-order valence-electron chi connectivity index (χ3n) is 6.78. The number of carbonyl (C=O) groups is 3. The fourth-order valence-electron chi connectivity index (χ4n) is 4.48. The third-order valence-corrected chi connectivity index (χ3v) is 8.13. The molecule has 4 aromatic rings. The van der Waals surface area contributed by atoms with Gasteiger partial charge in [-0.3, -0.25) is 14.4 Å². The lowest BCUT2D eigenvalue weighted by molar-refractivity contribution is -0.141. The first-order valence-electron chi connectivity index (χ1n) is 13.2. The van der Waals surface area contributed by atoms with Crippen molar-refractivity contribution >= 4 is 44.2 Å². The molecule has 11 heteroatoms. The predicted molar refractivity (Wildman–Crippen MR) is 155 cm³/mol. The molecule has 0 spiro atoms. The van der Waals surface area contributed by atoms with Gasteiger partial charge in [0.1, 0.15) is 17.6 Å². The van der Waals surface area contributed by atoms with E-state index >= 15 is 0 Å². The van der Waals surface area contributed by atoms with Crippen molar-refractivity contribution in [3.05, 3.63) is 108 Å². The number of nitrogens with one attached hydrogen (secondary N) is 2. The first kappa shape index (κ1) is 30.3. The summed E-state index contributed by atoms with van der Waals surface area (Å²) in [5.74, 6) is -5.45. The van der Waals surface area contributed by atoms with Gasteiger partial charge in [0, 0.05) is 24.8 Å². The Bertz CT molecular complexity index is 1740. The molecule has 0 aromatic heterocycles. The number of rotatable bonds is 10. The van der Waals surface area contributed by atoms with Crippen LogP contribution < -0.4 is 10.0 Å². The molecular weight excluding hydrogens is 564 g/mol. The lowest BCUT2D eigenvalue weighted by Crippen LogP contribution is -2.46. The average Bonchev–Trinajstić information content (AvgIpc) is 2.96. The SMILES string of the molecule is CCN(CC)C(=O)[C@H](Cc1ccc(NC(=O)c2ccc(F)cc2F)cc1)C(=O)NS(=O)(=O)c1ccc2ccccc2c1. The average molecular weight is 594 g/mol. The summed E-state index contributed by atoms with van der Waals surface area (Å²) in [7, 11) is -4.29. The summed E-state index contributed by atoms with van der Waals surface area (Å²) in [6.45, 7) is 4.15. The Labute approximate surface area is 242 Å². The molecule has 0 aliphatic carbocycles. The number of fused-ring (bicyclic) bond motifs is 1. The number of hydrogen-bond donors (Lipinski definition) is 2. The minimum absolute atomic E-state index is 0.110. The number of sulfonamides is 1. The van der Waals surface area contributed by atoms with Crippen molar-refractivity contribution in [2.24, 2.45) is 5.92 Å². The summed E-state index contributed by atoms with van der Waals surface area (Å²) < 4.78 is 55.5. The number of benzene rings is 4. The van der Waals surface area contributed by atoms with Crippen LogP contribution in [0.4, 0.5) is 14.5 Å². The highest BCUT2D eigenvalue weighted by Gasteiger charge is 2.33. The molecule has 4 aromatic carbocycles. The van der Waals surface area contributed by atoms with Crippen LogP contribution in [0.25, 0.3) is 10.8 Å². The van der Waals surface area contributed by atoms with Crippen molar-refractivity contribution in [3.8, 4) is 0 Å². The van der Waals surface area contributed by atoms with Gasteiger partial charge in [0.15, 0.2) is 0 Å². The van der Waals surface area contributed by atoms with Gasteiger partial charge in [-0.2, -0.15) is 0 Å². The normalized spacial score (nSPS) is 12.0. The zero-order chi connectivity index (χ0) is 30.4. The van der Waals surface area contributed by atoms with Crippen LogP contribution in [0, 0.1) is 17.6 Å². The zero-order valence-corrected chi connectivity index (χ0v) is 23.8. The molecule has 0 aliphatic heterocycles. The molecule has 1 atom stereocenters. The van der Waals surface area contributed by atoms with Gasteiger partial charge in [0.25, 0.3) is 15.9 Å². The molecule has 0 heterocycles. The van der Waals surface area contributed by atoms with Gasteiger partial charge in [-0.1, -0.05) is 42.5 Å². The maximum absolute atomic E-state index is 14.0. The van der Waals surface area contributed by atoms with E-state index in [4.69, 9.17) is 0 Å². The number of anilines is 1. The molecule has 0 fully saturated rings. The molecule has 2 N–H and O–H groups in total. The highest BCUT2D eigenvalue weighted by atomic mass is 32.2. The first-order valence-corrected chi connectivity index (χ1v) is 14.7. The Morgan fingerprint density at radius 1 is 0.833 bits per heavy atom. The highest BCUT2D eigenvalue weighted by molar-refractivity contribution is 7.90. The van der Waals surface area contributed by atoms with Crippen LogP contribution in [0.15, 0.2) is 89.8 Å². The van der Waals surface area contributed by atoms with Crippen molar-refractivity contribution in [1.82, 2.24) is 9.62 Å². The number of hydrogen-bond acceptors (Lipinski definition) is 5. The lowest BCUT2D eigenvalue weighted by atomic mass is 9.97. The molecule has 42 heavy (non-hydrogen) atoms.